The fourth-order valence-electron chi connectivity index (χ4n) is 2.14. The van der Waals surface area contributed by atoms with E-state index in [1.165, 1.54) is 0 Å². The van der Waals surface area contributed by atoms with E-state index in [1.54, 1.807) is 12.1 Å². The van der Waals surface area contributed by atoms with Gasteiger partial charge in [0.25, 0.3) is 0 Å². The van der Waals surface area contributed by atoms with Gasteiger partial charge in [-0.05, 0) is 18.2 Å². The molecule has 0 fully saturated rings. The maximum absolute atomic E-state index is 10.1. The van der Waals surface area contributed by atoms with E-state index in [4.69, 9.17) is 0 Å². The number of hydrogen-bond donors (Lipinski definition) is 1. The molecular formula is C16H15N3O. The molecule has 0 radical (unpaired) electrons. The third-order valence-corrected chi connectivity index (χ3v) is 3.15. The number of aromatic hydroxyl groups is 1. The number of benzene rings is 2. The van der Waals surface area contributed by atoms with Crippen molar-refractivity contribution >= 4 is 16.9 Å². The van der Waals surface area contributed by atoms with Gasteiger partial charge in [-0.3, -0.25) is 0 Å². The van der Waals surface area contributed by atoms with Crippen LogP contribution in [0.2, 0.25) is 0 Å². The van der Waals surface area contributed by atoms with Gasteiger partial charge in [0.2, 0.25) is 5.95 Å². The molecule has 0 atom stereocenters. The summed E-state index contributed by atoms with van der Waals surface area (Å²) in [7, 11) is 3.80. The summed E-state index contributed by atoms with van der Waals surface area (Å²) in [4.78, 5) is 11.0. The van der Waals surface area contributed by atoms with Crippen molar-refractivity contribution in [2.24, 2.45) is 0 Å². The Bertz CT molecular complexity index is 769. The highest BCUT2D eigenvalue weighted by Gasteiger charge is 2.13. The quantitative estimate of drug-likeness (QED) is 0.773. The Labute approximate surface area is 117 Å². The first-order valence-corrected chi connectivity index (χ1v) is 6.39. The van der Waals surface area contributed by atoms with Crippen LogP contribution in [0.15, 0.2) is 48.5 Å². The molecule has 0 aliphatic heterocycles. The zero-order valence-corrected chi connectivity index (χ0v) is 11.4. The van der Waals surface area contributed by atoms with Crippen LogP contribution in [0.3, 0.4) is 0 Å². The molecule has 1 aromatic heterocycles. The number of aromatic nitrogens is 2. The molecule has 3 aromatic rings. The SMILES string of the molecule is CN(C)c1nc(-c2ccccc2O)c2ccccc2n1. The molecule has 0 aliphatic carbocycles. The third kappa shape index (κ3) is 2.05. The standard InChI is InChI=1S/C16H15N3O/c1-19(2)16-17-13-9-5-3-7-11(13)15(18-16)12-8-4-6-10-14(12)20/h3-10,20H,1-2H3. The van der Waals surface area contributed by atoms with Crippen LogP contribution in [-0.2, 0) is 0 Å². The molecule has 3 rings (SSSR count). The van der Waals surface area contributed by atoms with Crippen molar-refractivity contribution < 1.29 is 5.11 Å². The van der Waals surface area contributed by atoms with Gasteiger partial charge in [0, 0.05) is 25.0 Å². The summed E-state index contributed by atoms with van der Waals surface area (Å²) in [5.74, 6) is 0.850. The van der Waals surface area contributed by atoms with Crippen LogP contribution in [-0.4, -0.2) is 29.2 Å². The van der Waals surface area contributed by atoms with Crippen LogP contribution in [0.1, 0.15) is 0 Å². The second kappa shape index (κ2) is 4.81. The average Bonchev–Trinajstić information content (AvgIpc) is 2.46. The van der Waals surface area contributed by atoms with Crippen molar-refractivity contribution in [2.75, 3.05) is 19.0 Å². The molecule has 0 saturated carbocycles. The summed E-state index contributed by atoms with van der Waals surface area (Å²) in [6.45, 7) is 0. The zero-order valence-electron chi connectivity index (χ0n) is 11.4. The molecule has 4 heteroatoms. The van der Waals surface area contributed by atoms with E-state index in [2.05, 4.69) is 9.97 Å². The maximum Gasteiger partial charge on any atom is 0.225 e. The van der Waals surface area contributed by atoms with Gasteiger partial charge in [0.1, 0.15) is 5.75 Å². The molecule has 0 spiro atoms. The number of phenols is 1. The Morgan fingerprint density at radius 3 is 2.35 bits per heavy atom. The Balaban J connectivity index is 2.36. The van der Waals surface area contributed by atoms with Gasteiger partial charge in [0.05, 0.1) is 11.2 Å². The van der Waals surface area contributed by atoms with Gasteiger partial charge in [0.15, 0.2) is 0 Å². The molecule has 0 saturated heterocycles. The topological polar surface area (TPSA) is 49.2 Å². The lowest BCUT2D eigenvalue weighted by atomic mass is 10.1. The van der Waals surface area contributed by atoms with Gasteiger partial charge in [-0.15, -0.1) is 0 Å². The van der Waals surface area contributed by atoms with Crippen LogP contribution in [0, 0.1) is 0 Å². The predicted molar refractivity (Wildman–Crippen MR) is 81.0 cm³/mol. The molecule has 0 unspecified atom stereocenters. The smallest absolute Gasteiger partial charge is 0.225 e. The third-order valence-electron chi connectivity index (χ3n) is 3.15. The molecule has 1 heterocycles. The second-order valence-corrected chi connectivity index (χ2v) is 4.80. The van der Waals surface area contributed by atoms with Crippen molar-refractivity contribution in [1.29, 1.82) is 0 Å². The van der Waals surface area contributed by atoms with E-state index in [-0.39, 0.29) is 5.75 Å². The van der Waals surface area contributed by atoms with Gasteiger partial charge < -0.3 is 10.0 Å². The second-order valence-electron chi connectivity index (χ2n) is 4.80. The highest BCUT2D eigenvalue weighted by atomic mass is 16.3. The minimum Gasteiger partial charge on any atom is -0.507 e. The first-order valence-electron chi connectivity index (χ1n) is 6.39. The fourth-order valence-corrected chi connectivity index (χ4v) is 2.14. The van der Waals surface area contributed by atoms with E-state index in [0.717, 1.165) is 16.6 Å². The van der Waals surface area contributed by atoms with Gasteiger partial charge in [-0.25, -0.2) is 9.97 Å². The van der Waals surface area contributed by atoms with Crippen molar-refractivity contribution in [3.05, 3.63) is 48.5 Å². The number of para-hydroxylation sites is 2. The fraction of sp³-hybridized carbons (Fsp3) is 0.125. The molecule has 0 aliphatic rings. The number of fused-ring (bicyclic) bond motifs is 1. The van der Waals surface area contributed by atoms with Gasteiger partial charge >= 0.3 is 0 Å². The number of phenolic OH excluding ortho intramolecular Hbond substituents is 1. The van der Waals surface area contributed by atoms with E-state index >= 15 is 0 Å². The van der Waals surface area contributed by atoms with Gasteiger partial charge in [-0.1, -0.05) is 30.3 Å². The van der Waals surface area contributed by atoms with E-state index in [1.807, 2.05) is 55.4 Å². The molecular weight excluding hydrogens is 250 g/mol. The van der Waals surface area contributed by atoms with Crippen molar-refractivity contribution in [3.8, 4) is 17.0 Å². The lowest BCUT2D eigenvalue weighted by Gasteiger charge is -2.14. The molecule has 1 N–H and O–H groups in total. The predicted octanol–water partition coefficient (Wildman–Crippen LogP) is 3.07. The maximum atomic E-state index is 10.1. The Morgan fingerprint density at radius 1 is 0.900 bits per heavy atom. The van der Waals surface area contributed by atoms with Crippen LogP contribution < -0.4 is 4.90 Å². The zero-order chi connectivity index (χ0) is 14.1. The highest BCUT2D eigenvalue weighted by molar-refractivity contribution is 5.94. The normalized spacial score (nSPS) is 10.7. The van der Waals surface area contributed by atoms with Crippen LogP contribution in [0.5, 0.6) is 5.75 Å². The van der Waals surface area contributed by atoms with E-state index < -0.39 is 0 Å². The van der Waals surface area contributed by atoms with E-state index in [0.29, 0.717) is 11.5 Å². The number of rotatable bonds is 2. The summed E-state index contributed by atoms with van der Waals surface area (Å²) in [5.41, 5.74) is 2.33. The lowest BCUT2D eigenvalue weighted by molar-refractivity contribution is 0.477. The molecule has 0 amide bonds. The lowest BCUT2D eigenvalue weighted by Crippen LogP contribution is -2.13. The average molecular weight is 265 g/mol. The molecule has 4 nitrogen and oxygen atoms in total. The van der Waals surface area contributed by atoms with Crippen molar-refractivity contribution in [3.63, 3.8) is 0 Å². The van der Waals surface area contributed by atoms with Crippen molar-refractivity contribution in [2.45, 2.75) is 0 Å². The summed E-state index contributed by atoms with van der Waals surface area (Å²) < 4.78 is 0. The van der Waals surface area contributed by atoms with Crippen LogP contribution in [0.25, 0.3) is 22.2 Å². The summed E-state index contributed by atoms with van der Waals surface area (Å²) in [6.07, 6.45) is 0. The van der Waals surface area contributed by atoms with E-state index in [9.17, 15) is 5.11 Å². The number of hydrogen-bond acceptors (Lipinski definition) is 4. The van der Waals surface area contributed by atoms with Gasteiger partial charge in [-0.2, -0.15) is 0 Å². The minimum absolute atomic E-state index is 0.223. The first kappa shape index (κ1) is 12.4. The summed E-state index contributed by atoms with van der Waals surface area (Å²) in [5, 5.41) is 11.0. The Kier molecular flexibility index (Phi) is 2.99. The highest BCUT2D eigenvalue weighted by Crippen LogP contribution is 2.33. The Hall–Kier alpha value is -2.62. The van der Waals surface area contributed by atoms with Crippen molar-refractivity contribution in [1.82, 2.24) is 9.97 Å². The largest absolute Gasteiger partial charge is 0.507 e. The summed E-state index contributed by atoms with van der Waals surface area (Å²) >= 11 is 0. The monoisotopic (exact) mass is 265 g/mol. The summed E-state index contributed by atoms with van der Waals surface area (Å²) in [6, 6.07) is 15.0. The number of anilines is 1. The number of nitrogens with zero attached hydrogens (tertiary/aromatic N) is 3. The molecule has 100 valence electrons. The molecule has 0 bridgehead atoms. The van der Waals surface area contributed by atoms with Crippen LogP contribution >= 0.6 is 0 Å². The Morgan fingerprint density at radius 2 is 1.60 bits per heavy atom. The molecule has 20 heavy (non-hydrogen) atoms. The van der Waals surface area contributed by atoms with Crippen LogP contribution in [0.4, 0.5) is 5.95 Å². The minimum atomic E-state index is 0.223. The first-order chi connectivity index (χ1) is 9.66. The molecule has 2 aromatic carbocycles.